The van der Waals surface area contributed by atoms with Gasteiger partial charge in [0.15, 0.2) is 0 Å². The van der Waals surface area contributed by atoms with Crippen molar-refractivity contribution in [2.75, 3.05) is 19.0 Å². The average molecular weight is 171 g/mol. The smallest absolute Gasteiger partial charge is 0.101 e. The molecule has 0 aromatic heterocycles. The monoisotopic (exact) mass is 171 g/mol. The minimum absolute atomic E-state index is 0.424. The lowest BCUT2D eigenvalue weighted by Crippen LogP contribution is -2.08. The van der Waals surface area contributed by atoms with Gasteiger partial charge in [0.25, 0.3) is 0 Å². The second kappa shape index (κ2) is 3.60. The van der Waals surface area contributed by atoms with Gasteiger partial charge in [-0.3, -0.25) is 0 Å². The minimum Gasteiger partial charge on any atom is -0.378 e. The van der Waals surface area contributed by atoms with Crippen LogP contribution in [0.3, 0.4) is 0 Å². The van der Waals surface area contributed by atoms with Crippen LogP contribution in [0.2, 0.25) is 0 Å². The maximum absolute atomic E-state index is 8.74. The van der Waals surface area contributed by atoms with Crippen LogP contribution in [-0.2, 0) is 0 Å². The maximum atomic E-state index is 8.74. The molecule has 3 nitrogen and oxygen atoms in total. The second-order valence-corrected chi connectivity index (χ2v) is 2.85. The Labute approximate surface area is 77.4 Å². The number of benzene rings is 1. The number of hydrogen-bond acceptors (Lipinski definition) is 3. The van der Waals surface area contributed by atoms with E-state index in [2.05, 4.69) is 0 Å². The summed E-state index contributed by atoms with van der Waals surface area (Å²) in [6.07, 6.45) is 0. The molecule has 0 aliphatic carbocycles. The molecule has 0 N–H and O–H groups in total. The summed E-state index contributed by atoms with van der Waals surface area (Å²) in [5.41, 5.74) is 1.78. The van der Waals surface area contributed by atoms with E-state index >= 15 is 0 Å². The first-order valence-electron chi connectivity index (χ1n) is 3.80. The standard InChI is InChI=1S/C10H9N3/c1-13(2)10-4-3-8(6-11)9(5-10)7-12/h3-5H,1-2H3. The van der Waals surface area contributed by atoms with Crippen molar-refractivity contribution in [3.8, 4) is 12.1 Å². The summed E-state index contributed by atoms with van der Waals surface area (Å²) in [6, 6.07) is 9.15. The van der Waals surface area contributed by atoms with Crippen LogP contribution >= 0.6 is 0 Å². The third-order valence-electron chi connectivity index (χ3n) is 1.76. The fourth-order valence-corrected chi connectivity index (χ4v) is 1.00. The second-order valence-electron chi connectivity index (χ2n) is 2.85. The van der Waals surface area contributed by atoms with E-state index in [4.69, 9.17) is 10.5 Å². The first-order chi connectivity index (χ1) is 6.19. The van der Waals surface area contributed by atoms with Crippen molar-refractivity contribution in [1.29, 1.82) is 10.5 Å². The number of nitrogens with zero attached hydrogens (tertiary/aromatic N) is 3. The third kappa shape index (κ3) is 1.77. The van der Waals surface area contributed by atoms with E-state index in [-0.39, 0.29) is 0 Å². The van der Waals surface area contributed by atoms with Gasteiger partial charge in [0.05, 0.1) is 11.1 Å². The molecule has 13 heavy (non-hydrogen) atoms. The van der Waals surface area contributed by atoms with Gasteiger partial charge < -0.3 is 4.90 Å². The molecule has 0 saturated carbocycles. The lowest BCUT2D eigenvalue weighted by Gasteiger charge is -2.12. The van der Waals surface area contributed by atoms with Crippen LogP contribution in [0.4, 0.5) is 5.69 Å². The molecule has 0 atom stereocenters. The van der Waals surface area contributed by atoms with Crippen LogP contribution in [-0.4, -0.2) is 14.1 Å². The van der Waals surface area contributed by atoms with E-state index in [1.54, 1.807) is 12.1 Å². The van der Waals surface area contributed by atoms with Gasteiger partial charge >= 0.3 is 0 Å². The zero-order valence-electron chi connectivity index (χ0n) is 7.57. The number of rotatable bonds is 1. The van der Waals surface area contributed by atoms with Gasteiger partial charge in [0.2, 0.25) is 0 Å². The predicted octanol–water partition coefficient (Wildman–Crippen LogP) is 1.50. The summed E-state index contributed by atoms with van der Waals surface area (Å²) in [4.78, 5) is 1.89. The molecule has 1 rings (SSSR count). The van der Waals surface area contributed by atoms with Gasteiger partial charge in [0.1, 0.15) is 12.1 Å². The highest BCUT2D eigenvalue weighted by molar-refractivity contribution is 5.56. The minimum atomic E-state index is 0.424. The molecular weight excluding hydrogens is 162 g/mol. The number of hydrogen-bond donors (Lipinski definition) is 0. The van der Waals surface area contributed by atoms with Crippen molar-refractivity contribution in [2.45, 2.75) is 0 Å². The zero-order valence-corrected chi connectivity index (χ0v) is 7.57. The fourth-order valence-electron chi connectivity index (χ4n) is 1.00. The van der Waals surface area contributed by atoms with Crippen molar-refractivity contribution in [3.05, 3.63) is 29.3 Å². The molecule has 0 amide bonds. The third-order valence-corrected chi connectivity index (χ3v) is 1.76. The maximum Gasteiger partial charge on any atom is 0.101 e. The van der Waals surface area contributed by atoms with Crippen LogP contribution < -0.4 is 4.90 Å². The van der Waals surface area contributed by atoms with Crippen molar-refractivity contribution in [2.24, 2.45) is 0 Å². The zero-order chi connectivity index (χ0) is 9.84. The number of anilines is 1. The Balaban J connectivity index is 3.25. The molecule has 0 bridgehead atoms. The molecule has 3 heteroatoms. The fraction of sp³-hybridized carbons (Fsp3) is 0.200. The van der Waals surface area contributed by atoms with Gasteiger partial charge in [-0.15, -0.1) is 0 Å². The molecule has 64 valence electrons. The first-order valence-corrected chi connectivity index (χ1v) is 3.80. The Morgan fingerprint density at radius 2 is 1.69 bits per heavy atom. The Morgan fingerprint density at radius 1 is 1.08 bits per heavy atom. The van der Waals surface area contributed by atoms with Crippen LogP contribution in [0, 0.1) is 22.7 Å². The summed E-state index contributed by atoms with van der Waals surface area (Å²) >= 11 is 0. The van der Waals surface area contributed by atoms with E-state index in [1.807, 2.05) is 37.2 Å². The van der Waals surface area contributed by atoms with E-state index in [0.29, 0.717) is 11.1 Å². The van der Waals surface area contributed by atoms with Crippen molar-refractivity contribution < 1.29 is 0 Å². The Hall–Kier alpha value is -2.00. The Bertz CT molecular complexity index is 394. The summed E-state index contributed by atoms with van der Waals surface area (Å²) in [7, 11) is 3.78. The molecule has 1 aromatic carbocycles. The Kier molecular flexibility index (Phi) is 2.52. The van der Waals surface area contributed by atoms with Gasteiger partial charge in [0, 0.05) is 19.8 Å². The summed E-state index contributed by atoms with van der Waals surface area (Å²) in [6.45, 7) is 0. The van der Waals surface area contributed by atoms with Crippen LogP contribution in [0.15, 0.2) is 18.2 Å². The van der Waals surface area contributed by atoms with Gasteiger partial charge in [-0.1, -0.05) is 0 Å². The highest BCUT2D eigenvalue weighted by atomic mass is 15.1. The number of nitriles is 2. The summed E-state index contributed by atoms with van der Waals surface area (Å²) in [5, 5.41) is 17.4. The first kappa shape index (κ1) is 9.09. The van der Waals surface area contributed by atoms with E-state index < -0.39 is 0 Å². The average Bonchev–Trinajstić information content (AvgIpc) is 2.16. The van der Waals surface area contributed by atoms with Gasteiger partial charge in [-0.25, -0.2) is 0 Å². The topological polar surface area (TPSA) is 50.8 Å². The highest BCUT2D eigenvalue weighted by Crippen LogP contribution is 2.16. The van der Waals surface area contributed by atoms with Crippen molar-refractivity contribution in [3.63, 3.8) is 0 Å². The van der Waals surface area contributed by atoms with Crippen molar-refractivity contribution >= 4 is 5.69 Å². The van der Waals surface area contributed by atoms with Gasteiger partial charge in [-0.2, -0.15) is 10.5 Å². The lowest BCUT2D eigenvalue weighted by molar-refractivity contribution is 1.13. The molecule has 1 aromatic rings. The van der Waals surface area contributed by atoms with Crippen LogP contribution in [0.5, 0.6) is 0 Å². The Morgan fingerprint density at radius 3 is 2.15 bits per heavy atom. The molecule has 0 fully saturated rings. The molecule has 0 aliphatic heterocycles. The quantitative estimate of drug-likeness (QED) is 0.643. The lowest BCUT2D eigenvalue weighted by atomic mass is 10.1. The SMILES string of the molecule is CN(C)c1ccc(C#N)c(C#N)c1. The normalized spacial score (nSPS) is 8.62. The van der Waals surface area contributed by atoms with Crippen molar-refractivity contribution in [1.82, 2.24) is 0 Å². The largest absolute Gasteiger partial charge is 0.378 e. The highest BCUT2D eigenvalue weighted by Gasteiger charge is 2.03. The molecule has 0 aliphatic rings. The predicted molar refractivity (Wildman–Crippen MR) is 50.2 cm³/mol. The summed E-state index contributed by atoms with van der Waals surface area (Å²) in [5.74, 6) is 0. The van der Waals surface area contributed by atoms with Gasteiger partial charge in [-0.05, 0) is 18.2 Å². The molecular formula is C10H9N3. The molecule has 0 saturated heterocycles. The van der Waals surface area contributed by atoms with E-state index in [9.17, 15) is 0 Å². The molecule has 0 heterocycles. The van der Waals surface area contributed by atoms with Crippen LogP contribution in [0.25, 0.3) is 0 Å². The molecule has 0 unspecified atom stereocenters. The van der Waals surface area contributed by atoms with Crippen LogP contribution in [0.1, 0.15) is 11.1 Å². The van der Waals surface area contributed by atoms with E-state index in [1.165, 1.54) is 0 Å². The molecule has 0 radical (unpaired) electrons. The molecule has 0 spiro atoms. The summed E-state index contributed by atoms with van der Waals surface area (Å²) < 4.78 is 0. The van der Waals surface area contributed by atoms with E-state index in [0.717, 1.165) is 5.69 Å².